The highest BCUT2D eigenvalue weighted by atomic mass is 32.2. The van der Waals surface area contributed by atoms with Crippen LogP contribution < -0.4 is 14.3 Å². The quantitative estimate of drug-likeness (QED) is 0.458. The number of hydrogen-bond donors (Lipinski definition) is 2. The average Bonchev–Trinajstić information content (AvgIpc) is 2.77. The van der Waals surface area contributed by atoms with Gasteiger partial charge in [-0.25, -0.2) is 31.5 Å². The normalized spacial score (nSPS) is 12.6. The molecule has 3 aromatic rings. The first kappa shape index (κ1) is 25.1. The molecule has 0 spiro atoms. The summed E-state index contributed by atoms with van der Waals surface area (Å²) in [5, 5.41) is 2.67. The highest BCUT2D eigenvalue weighted by Crippen LogP contribution is 2.23. The Labute approximate surface area is 199 Å². The van der Waals surface area contributed by atoms with Crippen LogP contribution in [0.4, 0.5) is 17.3 Å². The topological polar surface area (TPSA) is 138 Å². The smallest absolute Gasteiger partial charge is 0.264 e. The fraction of sp³-hybridized carbons (Fsp3) is 0.227. The Morgan fingerprint density at radius 3 is 2.21 bits per heavy atom. The minimum Gasteiger partial charge on any atom is -0.324 e. The molecule has 2 N–H and O–H groups in total. The summed E-state index contributed by atoms with van der Waals surface area (Å²) in [5.41, 5.74) is 1.29. The molecule has 34 heavy (non-hydrogen) atoms. The Hall–Kier alpha value is -3.51. The number of aryl methyl sites for hydroxylation is 1. The maximum absolute atomic E-state index is 13.0. The third kappa shape index (κ3) is 6.08. The summed E-state index contributed by atoms with van der Waals surface area (Å²) in [6.07, 6.45) is 2.71. The zero-order valence-electron chi connectivity index (χ0n) is 18.8. The minimum atomic E-state index is -3.94. The number of nitrogens with one attached hydrogen (secondary N) is 2. The second kappa shape index (κ2) is 10.2. The number of aromatic nitrogens is 2. The molecule has 2 aromatic carbocycles. The predicted molar refractivity (Wildman–Crippen MR) is 130 cm³/mol. The van der Waals surface area contributed by atoms with Gasteiger partial charge in [0.15, 0.2) is 0 Å². The standard InChI is InChI=1S/C22H25N5O5S2/c1-4-20(27(33(3,29)30)18-8-6-5-7-9-18)21(28)25-17-10-12-19(13-11-17)34(31,32)26-22-23-15-14-16(2)24-22/h5-15,20H,4H2,1-3H3,(H,25,28)(H,23,24,26)/t20-/m1/s1. The maximum Gasteiger partial charge on any atom is 0.264 e. The molecule has 0 aliphatic carbocycles. The SMILES string of the molecule is CC[C@H](C(=O)Nc1ccc(S(=O)(=O)Nc2nccc(C)n2)cc1)N(c1ccccc1)S(C)(=O)=O. The number of hydrogen-bond acceptors (Lipinski definition) is 7. The summed E-state index contributed by atoms with van der Waals surface area (Å²) in [4.78, 5) is 20.8. The number of rotatable bonds is 9. The van der Waals surface area contributed by atoms with E-state index in [0.29, 0.717) is 17.1 Å². The number of amides is 1. The van der Waals surface area contributed by atoms with E-state index < -0.39 is 32.0 Å². The van der Waals surface area contributed by atoms with E-state index in [0.717, 1.165) is 10.6 Å². The maximum atomic E-state index is 13.0. The minimum absolute atomic E-state index is 0.0510. The molecular formula is C22H25N5O5S2. The molecule has 0 saturated heterocycles. The molecular weight excluding hydrogens is 478 g/mol. The van der Waals surface area contributed by atoms with Crippen molar-refractivity contribution in [2.24, 2.45) is 0 Å². The second-order valence-corrected chi connectivity index (χ2v) is 11.0. The van der Waals surface area contributed by atoms with Gasteiger partial charge in [-0.05, 0) is 55.8 Å². The van der Waals surface area contributed by atoms with Crippen LogP contribution in [-0.4, -0.2) is 45.0 Å². The lowest BCUT2D eigenvalue weighted by atomic mass is 10.2. The number of sulfonamides is 2. The van der Waals surface area contributed by atoms with Gasteiger partial charge in [-0.3, -0.25) is 9.10 Å². The number of carbonyl (C=O) groups is 1. The molecule has 3 rings (SSSR count). The number of benzene rings is 2. The molecule has 0 unspecified atom stereocenters. The Morgan fingerprint density at radius 1 is 1.00 bits per heavy atom. The predicted octanol–water partition coefficient (Wildman–Crippen LogP) is 2.77. The molecule has 1 aromatic heterocycles. The van der Waals surface area contributed by atoms with Crippen LogP contribution in [0.5, 0.6) is 0 Å². The molecule has 0 bridgehead atoms. The molecule has 0 aliphatic heterocycles. The van der Waals surface area contributed by atoms with Crippen molar-refractivity contribution in [3.05, 3.63) is 72.6 Å². The molecule has 1 heterocycles. The molecule has 10 nitrogen and oxygen atoms in total. The Balaban J connectivity index is 1.79. The van der Waals surface area contributed by atoms with Crippen LogP contribution in [0.1, 0.15) is 19.0 Å². The average molecular weight is 504 g/mol. The third-order valence-corrected chi connectivity index (χ3v) is 7.32. The van der Waals surface area contributed by atoms with Crippen LogP contribution in [-0.2, 0) is 24.8 Å². The van der Waals surface area contributed by atoms with Gasteiger partial charge < -0.3 is 5.32 Å². The summed E-state index contributed by atoms with van der Waals surface area (Å²) in [6.45, 7) is 3.42. The van der Waals surface area contributed by atoms with Crippen molar-refractivity contribution in [3.63, 3.8) is 0 Å². The highest BCUT2D eigenvalue weighted by molar-refractivity contribution is 7.92. The van der Waals surface area contributed by atoms with Crippen molar-refractivity contribution in [2.45, 2.75) is 31.2 Å². The van der Waals surface area contributed by atoms with Gasteiger partial charge in [0.05, 0.1) is 16.8 Å². The molecule has 180 valence electrons. The molecule has 0 saturated carbocycles. The van der Waals surface area contributed by atoms with Gasteiger partial charge in [0.2, 0.25) is 21.9 Å². The monoisotopic (exact) mass is 503 g/mol. The van der Waals surface area contributed by atoms with E-state index in [9.17, 15) is 21.6 Å². The van der Waals surface area contributed by atoms with Crippen molar-refractivity contribution in [3.8, 4) is 0 Å². The number of para-hydroxylation sites is 1. The Kier molecular flexibility index (Phi) is 7.52. The van der Waals surface area contributed by atoms with Crippen molar-refractivity contribution in [1.82, 2.24) is 9.97 Å². The number of carbonyl (C=O) groups excluding carboxylic acids is 1. The van der Waals surface area contributed by atoms with Crippen molar-refractivity contribution in [2.75, 3.05) is 20.6 Å². The van der Waals surface area contributed by atoms with Crippen molar-refractivity contribution in [1.29, 1.82) is 0 Å². The second-order valence-electron chi connectivity index (χ2n) is 7.46. The van der Waals surface area contributed by atoms with Crippen LogP contribution >= 0.6 is 0 Å². The fourth-order valence-electron chi connectivity index (χ4n) is 3.26. The van der Waals surface area contributed by atoms with E-state index in [2.05, 4.69) is 20.0 Å². The summed E-state index contributed by atoms with van der Waals surface area (Å²) < 4.78 is 53.5. The van der Waals surface area contributed by atoms with E-state index in [-0.39, 0.29) is 17.3 Å². The van der Waals surface area contributed by atoms with Crippen LogP contribution in [0.3, 0.4) is 0 Å². The summed E-state index contributed by atoms with van der Waals surface area (Å²) in [7, 11) is -7.69. The zero-order valence-corrected chi connectivity index (χ0v) is 20.5. The van der Waals surface area contributed by atoms with Gasteiger partial charge in [-0.15, -0.1) is 0 Å². The first-order chi connectivity index (χ1) is 16.0. The van der Waals surface area contributed by atoms with Gasteiger partial charge in [0.25, 0.3) is 10.0 Å². The first-order valence-electron chi connectivity index (χ1n) is 10.3. The van der Waals surface area contributed by atoms with E-state index in [4.69, 9.17) is 0 Å². The summed E-state index contributed by atoms with van der Waals surface area (Å²) in [6, 6.07) is 14.5. The highest BCUT2D eigenvalue weighted by Gasteiger charge is 2.31. The van der Waals surface area contributed by atoms with Gasteiger partial charge in [0, 0.05) is 17.6 Å². The van der Waals surface area contributed by atoms with Gasteiger partial charge >= 0.3 is 0 Å². The van der Waals surface area contributed by atoms with Gasteiger partial charge in [-0.2, -0.15) is 0 Å². The van der Waals surface area contributed by atoms with Crippen LogP contribution in [0, 0.1) is 6.92 Å². The lowest BCUT2D eigenvalue weighted by Crippen LogP contribution is -2.46. The molecule has 1 atom stereocenters. The van der Waals surface area contributed by atoms with Crippen molar-refractivity contribution >= 4 is 43.3 Å². The molecule has 12 heteroatoms. The summed E-state index contributed by atoms with van der Waals surface area (Å²) >= 11 is 0. The summed E-state index contributed by atoms with van der Waals surface area (Å²) in [5.74, 6) is -0.594. The van der Waals surface area contributed by atoms with Gasteiger partial charge in [0.1, 0.15) is 6.04 Å². The fourth-order valence-corrected chi connectivity index (χ4v) is 5.42. The van der Waals surface area contributed by atoms with E-state index in [1.54, 1.807) is 50.2 Å². The molecule has 0 radical (unpaired) electrons. The van der Waals surface area contributed by atoms with Crippen LogP contribution in [0.25, 0.3) is 0 Å². The van der Waals surface area contributed by atoms with E-state index in [1.165, 1.54) is 30.5 Å². The molecule has 1 amide bonds. The molecule has 0 fully saturated rings. The van der Waals surface area contributed by atoms with Crippen LogP contribution in [0.15, 0.2) is 71.8 Å². The number of nitrogens with zero attached hydrogens (tertiary/aromatic N) is 3. The molecule has 0 aliphatic rings. The Bertz CT molecular complexity index is 1360. The largest absolute Gasteiger partial charge is 0.324 e. The third-order valence-electron chi connectivity index (χ3n) is 4.79. The van der Waals surface area contributed by atoms with E-state index in [1.807, 2.05) is 0 Å². The Morgan fingerprint density at radius 2 is 1.65 bits per heavy atom. The van der Waals surface area contributed by atoms with Crippen LogP contribution in [0.2, 0.25) is 0 Å². The van der Waals surface area contributed by atoms with Gasteiger partial charge in [-0.1, -0.05) is 25.1 Å². The lowest BCUT2D eigenvalue weighted by Gasteiger charge is -2.30. The lowest BCUT2D eigenvalue weighted by molar-refractivity contribution is -0.117. The first-order valence-corrected chi connectivity index (χ1v) is 13.6. The number of anilines is 3. The zero-order chi connectivity index (χ0) is 24.9. The van der Waals surface area contributed by atoms with E-state index >= 15 is 0 Å². The van der Waals surface area contributed by atoms with Crippen molar-refractivity contribution < 1.29 is 21.6 Å².